The zero-order valence-electron chi connectivity index (χ0n) is 11.1. The van der Waals surface area contributed by atoms with E-state index in [2.05, 4.69) is 13.8 Å². The van der Waals surface area contributed by atoms with Crippen molar-refractivity contribution in [1.29, 1.82) is 0 Å². The van der Waals surface area contributed by atoms with Gasteiger partial charge in [0.2, 0.25) is 0 Å². The Morgan fingerprint density at radius 2 is 1.41 bits per heavy atom. The average molecular weight is 238 g/mol. The number of hydrogen-bond donors (Lipinski definition) is 2. The van der Waals surface area contributed by atoms with Gasteiger partial charge in [0.1, 0.15) is 0 Å². The number of rotatable bonds is 6. The fourth-order valence-corrected chi connectivity index (χ4v) is 1.15. The lowest BCUT2D eigenvalue weighted by Gasteiger charge is -1.99. The van der Waals surface area contributed by atoms with Crippen LogP contribution in [-0.2, 0) is 4.74 Å². The minimum absolute atomic E-state index is 0.713. The van der Waals surface area contributed by atoms with Gasteiger partial charge in [-0.3, -0.25) is 0 Å². The molecule has 0 radical (unpaired) electrons. The number of nitrogens with two attached hydrogens (primary N) is 2. The van der Waals surface area contributed by atoms with Gasteiger partial charge >= 0.3 is 0 Å². The van der Waals surface area contributed by atoms with Crippen LogP contribution in [0.4, 0.5) is 11.4 Å². The van der Waals surface area contributed by atoms with Crippen LogP contribution in [0.15, 0.2) is 24.3 Å². The first-order valence-corrected chi connectivity index (χ1v) is 6.39. The van der Waals surface area contributed by atoms with Crippen LogP contribution in [0.3, 0.4) is 0 Å². The van der Waals surface area contributed by atoms with E-state index in [0.717, 1.165) is 13.2 Å². The van der Waals surface area contributed by atoms with Crippen molar-refractivity contribution in [2.45, 2.75) is 39.5 Å². The summed E-state index contributed by atoms with van der Waals surface area (Å²) >= 11 is 0. The monoisotopic (exact) mass is 238 g/mol. The standard InChI is InChI=1S/C8H18O.C6H8N2/c1-3-5-7-9-8-6-4-2;7-5-2-1-3-6(8)4-5/h3-8H2,1-2H3;1-4H,7-8H2. The molecule has 0 saturated carbocycles. The number of ether oxygens (including phenoxy) is 1. The Balaban J connectivity index is 0.000000302. The molecule has 0 atom stereocenters. The van der Waals surface area contributed by atoms with Gasteiger partial charge in [-0.2, -0.15) is 0 Å². The normalized spacial score (nSPS) is 9.53. The summed E-state index contributed by atoms with van der Waals surface area (Å²) in [4.78, 5) is 0. The van der Waals surface area contributed by atoms with E-state index in [1.54, 1.807) is 18.2 Å². The molecule has 0 fully saturated rings. The van der Waals surface area contributed by atoms with Gasteiger partial charge in [0.25, 0.3) is 0 Å². The van der Waals surface area contributed by atoms with Crippen molar-refractivity contribution in [1.82, 2.24) is 0 Å². The van der Waals surface area contributed by atoms with Crippen LogP contribution in [0, 0.1) is 0 Å². The Bertz CT molecular complexity index is 253. The van der Waals surface area contributed by atoms with Crippen molar-refractivity contribution in [3.05, 3.63) is 24.3 Å². The first kappa shape index (κ1) is 15.8. The predicted octanol–water partition coefficient (Wildman–Crippen LogP) is 3.45. The molecule has 1 rings (SSSR count). The summed E-state index contributed by atoms with van der Waals surface area (Å²) in [5.41, 5.74) is 12.2. The summed E-state index contributed by atoms with van der Waals surface area (Å²) in [6, 6.07) is 7.15. The van der Waals surface area contributed by atoms with Gasteiger partial charge < -0.3 is 16.2 Å². The molecule has 0 aliphatic heterocycles. The van der Waals surface area contributed by atoms with Crippen molar-refractivity contribution in [3.63, 3.8) is 0 Å². The molecular formula is C14H26N2O. The van der Waals surface area contributed by atoms with E-state index in [0.29, 0.717) is 11.4 Å². The molecule has 1 aromatic carbocycles. The molecule has 0 saturated heterocycles. The topological polar surface area (TPSA) is 61.3 Å². The molecule has 0 unspecified atom stereocenters. The van der Waals surface area contributed by atoms with Crippen LogP contribution < -0.4 is 11.5 Å². The molecule has 98 valence electrons. The summed E-state index contributed by atoms with van der Waals surface area (Å²) in [5, 5.41) is 0. The average Bonchev–Trinajstić information content (AvgIpc) is 2.29. The maximum absolute atomic E-state index is 5.38. The molecule has 3 heteroatoms. The first-order valence-electron chi connectivity index (χ1n) is 6.39. The fourth-order valence-electron chi connectivity index (χ4n) is 1.15. The highest BCUT2D eigenvalue weighted by Gasteiger charge is 1.84. The van der Waals surface area contributed by atoms with Gasteiger partial charge in [0.05, 0.1) is 0 Å². The van der Waals surface area contributed by atoms with Crippen LogP contribution in [0.25, 0.3) is 0 Å². The molecular weight excluding hydrogens is 212 g/mol. The number of nitrogen functional groups attached to an aromatic ring is 2. The minimum atomic E-state index is 0.713. The molecule has 3 nitrogen and oxygen atoms in total. The molecule has 0 aliphatic carbocycles. The van der Waals surface area contributed by atoms with Crippen molar-refractivity contribution >= 4 is 11.4 Å². The van der Waals surface area contributed by atoms with Gasteiger partial charge in [0, 0.05) is 24.6 Å². The van der Waals surface area contributed by atoms with E-state index in [9.17, 15) is 0 Å². The largest absolute Gasteiger partial charge is 0.399 e. The molecule has 0 amide bonds. The van der Waals surface area contributed by atoms with Crippen molar-refractivity contribution in [3.8, 4) is 0 Å². The van der Waals surface area contributed by atoms with Crippen molar-refractivity contribution in [2.75, 3.05) is 24.7 Å². The fraction of sp³-hybridized carbons (Fsp3) is 0.571. The smallest absolute Gasteiger partial charge is 0.0465 e. The second-order valence-electron chi connectivity index (χ2n) is 3.99. The summed E-state index contributed by atoms with van der Waals surface area (Å²) in [5.74, 6) is 0. The summed E-state index contributed by atoms with van der Waals surface area (Å²) in [6.07, 6.45) is 4.91. The zero-order valence-corrected chi connectivity index (χ0v) is 11.1. The highest BCUT2D eigenvalue weighted by molar-refractivity contribution is 5.50. The van der Waals surface area contributed by atoms with Gasteiger partial charge in [0.15, 0.2) is 0 Å². The molecule has 0 spiro atoms. The molecule has 17 heavy (non-hydrogen) atoms. The number of unbranched alkanes of at least 4 members (excludes halogenated alkanes) is 2. The van der Waals surface area contributed by atoms with E-state index >= 15 is 0 Å². The summed E-state index contributed by atoms with van der Waals surface area (Å²) in [7, 11) is 0. The van der Waals surface area contributed by atoms with E-state index < -0.39 is 0 Å². The molecule has 0 aromatic heterocycles. The Hall–Kier alpha value is -1.22. The molecule has 0 aliphatic rings. The van der Waals surface area contributed by atoms with Crippen LogP contribution in [0.1, 0.15) is 39.5 Å². The third-order valence-corrected chi connectivity index (χ3v) is 2.20. The van der Waals surface area contributed by atoms with E-state index in [1.165, 1.54) is 25.7 Å². The molecule has 0 heterocycles. The zero-order chi connectivity index (χ0) is 12.9. The lowest BCUT2D eigenvalue weighted by molar-refractivity contribution is 0.128. The summed E-state index contributed by atoms with van der Waals surface area (Å²) in [6.45, 7) is 6.28. The molecule has 0 bridgehead atoms. The van der Waals surface area contributed by atoms with E-state index in [1.807, 2.05) is 6.07 Å². The Kier molecular flexibility index (Phi) is 10.5. The lowest BCUT2D eigenvalue weighted by Crippen LogP contribution is -1.95. The van der Waals surface area contributed by atoms with E-state index in [-0.39, 0.29) is 0 Å². The van der Waals surface area contributed by atoms with Gasteiger partial charge in [-0.1, -0.05) is 32.8 Å². The Morgan fingerprint density at radius 3 is 1.71 bits per heavy atom. The number of benzene rings is 1. The SMILES string of the molecule is CCCCOCCCC.Nc1cccc(N)c1. The van der Waals surface area contributed by atoms with Crippen LogP contribution in [0.5, 0.6) is 0 Å². The van der Waals surface area contributed by atoms with Crippen LogP contribution in [0.2, 0.25) is 0 Å². The third-order valence-electron chi connectivity index (χ3n) is 2.20. The second-order valence-corrected chi connectivity index (χ2v) is 3.99. The summed E-state index contributed by atoms with van der Waals surface area (Å²) < 4.78 is 5.31. The highest BCUT2D eigenvalue weighted by Crippen LogP contribution is 2.06. The predicted molar refractivity (Wildman–Crippen MR) is 75.9 cm³/mol. The third kappa shape index (κ3) is 11.1. The maximum atomic E-state index is 5.38. The van der Waals surface area contributed by atoms with E-state index in [4.69, 9.17) is 16.2 Å². The second kappa shape index (κ2) is 11.3. The first-order chi connectivity index (χ1) is 8.20. The van der Waals surface area contributed by atoms with Gasteiger partial charge in [-0.15, -0.1) is 0 Å². The van der Waals surface area contributed by atoms with Crippen LogP contribution in [-0.4, -0.2) is 13.2 Å². The van der Waals surface area contributed by atoms with Gasteiger partial charge in [-0.25, -0.2) is 0 Å². The van der Waals surface area contributed by atoms with Crippen molar-refractivity contribution < 1.29 is 4.74 Å². The maximum Gasteiger partial charge on any atom is 0.0465 e. The molecule has 1 aromatic rings. The lowest BCUT2D eigenvalue weighted by atomic mass is 10.3. The molecule has 4 N–H and O–H groups in total. The number of anilines is 2. The minimum Gasteiger partial charge on any atom is -0.399 e. The Morgan fingerprint density at radius 1 is 0.941 bits per heavy atom. The quantitative estimate of drug-likeness (QED) is 0.589. The number of hydrogen-bond acceptors (Lipinski definition) is 3. The van der Waals surface area contributed by atoms with Crippen LogP contribution >= 0.6 is 0 Å². The highest BCUT2D eigenvalue weighted by atomic mass is 16.5. The van der Waals surface area contributed by atoms with Gasteiger partial charge in [-0.05, 0) is 31.0 Å². The van der Waals surface area contributed by atoms with Crippen molar-refractivity contribution in [2.24, 2.45) is 0 Å². The Labute approximate surface area is 105 Å².